The maximum Gasteiger partial charge on any atom is 0.246 e. The number of nitrogens with one attached hydrogen (secondary N) is 1. The van der Waals surface area contributed by atoms with E-state index in [-0.39, 0.29) is 17.7 Å². The van der Waals surface area contributed by atoms with E-state index in [2.05, 4.69) is 21.9 Å². The molecular formula is C15H18N4O2. The minimum atomic E-state index is -0.415. The van der Waals surface area contributed by atoms with Crippen LogP contribution in [-0.2, 0) is 15.1 Å². The number of aromatic nitrogens is 2. The number of amides is 2. The fourth-order valence-corrected chi connectivity index (χ4v) is 2.77. The minimum absolute atomic E-state index is 0.0183. The fraction of sp³-hybridized carbons (Fsp3) is 0.467. The van der Waals surface area contributed by atoms with Crippen LogP contribution in [0.15, 0.2) is 31.1 Å². The second-order valence-electron chi connectivity index (χ2n) is 5.64. The minimum Gasteiger partial charge on any atom is -0.343 e. The molecule has 1 aliphatic carbocycles. The van der Waals surface area contributed by atoms with Gasteiger partial charge in [0.1, 0.15) is 0 Å². The zero-order valence-corrected chi connectivity index (χ0v) is 11.8. The van der Waals surface area contributed by atoms with Crippen LogP contribution >= 0.6 is 0 Å². The lowest BCUT2D eigenvalue weighted by Crippen LogP contribution is -2.60. The summed E-state index contributed by atoms with van der Waals surface area (Å²) in [4.78, 5) is 33.9. The summed E-state index contributed by atoms with van der Waals surface area (Å²) in [5.41, 5.74) is -0.415. The Morgan fingerprint density at radius 1 is 1.33 bits per heavy atom. The van der Waals surface area contributed by atoms with E-state index in [1.807, 2.05) is 0 Å². The quantitative estimate of drug-likeness (QED) is 0.823. The summed E-state index contributed by atoms with van der Waals surface area (Å²) in [5, 5.41) is 3.10. The molecule has 0 aromatic carbocycles. The Morgan fingerprint density at radius 3 is 2.52 bits per heavy atom. The first-order valence-corrected chi connectivity index (χ1v) is 7.15. The Kier molecular flexibility index (Phi) is 3.45. The predicted molar refractivity (Wildman–Crippen MR) is 76.0 cm³/mol. The number of hydrogen-bond donors (Lipinski definition) is 1. The molecule has 0 spiro atoms. The third-order valence-corrected chi connectivity index (χ3v) is 4.30. The summed E-state index contributed by atoms with van der Waals surface area (Å²) in [6.45, 7) is 4.37. The van der Waals surface area contributed by atoms with E-state index >= 15 is 0 Å². The molecule has 21 heavy (non-hydrogen) atoms. The van der Waals surface area contributed by atoms with Gasteiger partial charge >= 0.3 is 0 Å². The second-order valence-corrected chi connectivity index (χ2v) is 5.64. The largest absolute Gasteiger partial charge is 0.343 e. The van der Waals surface area contributed by atoms with E-state index < -0.39 is 5.54 Å². The highest BCUT2D eigenvalue weighted by atomic mass is 16.2. The van der Waals surface area contributed by atoms with Crippen LogP contribution < -0.4 is 5.32 Å². The van der Waals surface area contributed by atoms with Gasteiger partial charge < -0.3 is 10.2 Å². The Hall–Kier alpha value is -2.24. The highest BCUT2D eigenvalue weighted by molar-refractivity contribution is 5.90. The predicted octanol–water partition coefficient (Wildman–Crippen LogP) is 0.616. The van der Waals surface area contributed by atoms with Crippen molar-refractivity contribution in [2.45, 2.75) is 24.8 Å². The molecule has 1 aromatic rings. The summed E-state index contributed by atoms with van der Waals surface area (Å²) >= 11 is 0. The zero-order chi connectivity index (χ0) is 14.9. The van der Waals surface area contributed by atoms with Crippen molar-refractivity contribution in [1.29, 1.82) is 0 Å². The molecule has 0 unspecified atom stereocenters. The molecule has 0 radical (unpaired) electrons. The van der Waals surface area contributed by atoms with Gasteiger partial charge in [-0.1, -0.05) is 6.58 Å². The maximum atomic E-state index is 12.3. The third-order valence-electron chi connectivity index (χ3n) is 4.30. The molecule has 3 rings (SSSR count). The molecule has 0 atom stereocenters. The Morgan fingerprint density at radius 2 is 2.00 bits per heavy atom. The number of rotatable bonds is 4. The van der Waals surface area contributed by atoms with Crippen LogP contribution in [0.5, 0.6) is 0 Å². The lowest BCUT2D eigenvalue weighted by Gasteiger charge is -2.44. The molecule has 2 aliphatic rings. The Bertz CT molecular complexity index is 562. The molecule has 1 saturated carbocycles. The molecule has 2 fully saturated rings. The van der Waals surface area contributed by atoms with E-state index in [9.17, 15) is 9.59 Å². The maximum absolute atomic E-state index is 12.3. The fourth-order valence-electron chi connectivity index (χ4n) is 2.77. The van der Waals surface area contributed by atoms with Crippen LogP contribution in [0.2, 0.25) is 0 Å². The van der Waals surface area contributed by atoms with Gasteiger partial charge in [0.15, 0.2) is 5.82 Å². The normalized spacial score (nSPS) is 20.1. The second kappa shape index (κ2) is 5.27. The molecule has 1 saturated heterocycles. The van der Waals surface area contributed by atoms with Crippen molar-refractivity contribution in [1.82, 2.24) is 20.2 Å². The van der Waals surface area contributed by atoms with E-state index in [1.54, 1.807) is 23.4 Å². The number of hydrogen-bond acceptors (Lipinski definition) is 4. The van der Waals surface area contributed by atoms with Crippen LogP contribution in [0.4, 0.5) is 0 Å². The lowest BCUT2D eigenvalue weighted by atomic mass is 9.75. The molecule has 1 aliphatic heterocycles. The van der Waals surface area contributed by atoms with Crippen molar-refractivity contribution in [3.8, 4) is 0 Å². The van der Waals surface area contributed by atoms with Crippen molar-refractivity contribution in [2.75, 3.05) is 13.1 Å². The van der Waals surface area contributed by atoms with Gasteiger partial charge in [0, 0.05) is 25.5 Å². The van der Waals surface area contributed by atoms with Gasteiger partial charge in [-0.3, -0.25) is 9.59 Å². The van der Waals surface area contributed by atoms with Gasteiger partial charge in [-0.2, -0.15) is 0 Å². The summed E-state index contributed by atoms with van der Waals surface area (Å²) in [6.07, 6.45) is 7.46. The molecule has 2 amide bonds. The van der Waals surface area contributed by atoms with Crippen molar-refractivity contribution in [3.63, 3.8) is 0 Å². The smallest absolute Gasteiger partial charge is 0.246 e. The summed E-state index contributed by atoms with van der Waals surface area (Å²) in [6, 6.07) is 1.77. The summed E-state index contributed by atoms with van der Waals surface area (Å²) in [7, 11) is 0. The molecule has 6 heteroatoms. The number of carbonyl (C=O) groups is 2. The summed E-state index contributed by atoms with van der Waals surface area (Å²) in [5.74, 6) is 0.400. The van der Waals surface area contributed by atoms with Gasteiger partial charge in [-0.25, -0.2) is 9.97 Å². The summed E-state index contributed by atoms with van der Waals surface area (Å²) < 4.78 is 0. The van der Waals surface area contributed by atoms with Crippen LogP contribution in [0.1, 0.15) is 25.1 Å². The molecule has 2 heterocycles. The van der Waals surface area contributed by atoms with Gasteiger partial charge in [0.25, 0.3) is 0 Å². The van der Waals surface area contributed by atoms with Crippen molar-refractivity contribution in [3.05, 3.63) is 36.9 Å². The molecule has 1 aromatic heterocycles. The monoisotopic (exact) mass is 286 g/mol. The van der Waals surface area contributed by atoms with Crippen LogP contribution in [-0.4, -0.2) is 39.8 Å². The number of nitrogens with zero attached hydrogens (tertiary/aromatic N) is 3. The SMILES string of the molecule is C=CC(=O)N1CC(C(=O)NC2(c3ncccn3)CCC2)C1. The van der Waals surface area contributed by atoms with E-state index in [1.165, 1.54) is 6.08 Å². The van der Waals surface area contributed by atoms with Crippen LogP contribution in [0.3, 0.4) is 0 Å². The van der Waals surface area contributed by atoms with Crippen molar-refractivity contribution >= 4 is 11.8 Å². The number of likely N-dealkylation sites (tertiary alicyclic amines) is 1. The third kappa shape index (κ3) is 2.41. The standard InChI is InChI=1S/C15H18N4O2/c1-2-12(20)19-9-11(10-19)13(21)18-15(5-3-6-15)14-16-7-4-8-17-14/h2,4,7-8,11H,1,3,5-6,9-10H2,(H,18,21). The molecule has 1 N–H and O–H groups in total. The topological polar surface area (TPSA) is 75.2 Å². The van der Waals surface area contributed by atoms with E-state index in [0.717, 1.165) is 19.3 Å². The van der Waals surface area contributed by atoms with E-state index in [0.29, 0.717) is 18.9 Å². The first kappa shape index (κ1) is 13.7. The average Bonchev–Trinajstić information content (AvgIpc) is 2.42. The van der Waals surface area contributed by atoms with Crippen molar-refractivity contribution < 1.29 is 9.59 Å². The van der Waals surface area contributed by atoms with Gasteiger partial charge in [0.05, 0.1) is 11.5 Å². The highest BCUT2D eigenvalue weighted by Crippen LogP contribution is 2.39. The highest BCUT2D eigenvalue weighted by Gasteiger charge is 2.45. The van der Waals surface area contributed by atoms with E-state index in [4.69, 9.17) is 0 Å². The zero-order valence-electron chi connectivity index (χ0n) is 11.8. The van der Waals surface area contributed by atoms with Gasteiger partial charge in [-0.15, -0.1) is 0 Å². The van der Waals surface area contributed by atoms with Gasteiger partial charge in [-0.05, 0) is 31.4 Å². The first-order chi connectivity index (χ1) is 10.1. The Balaban J connectivity index is 1.62. The molecule has 6 nitrogen and oxygen atoms in total. The average molecular weight is 286 g/mol. The molecular weight excluding hydrogens is 268 g/mol. The number of carbonyl (C=O) groups excluding carboxylic acids is 2. The van der Waals surface area contributed by atoms with Gasteiger partial charge in [0.2, 0.25) is 11.8 Å². The Labute approximate surface area is 123 Å². The lowest BCUT2D eigenvalue weighted by molar-refractivity contribution is -0.141. The van der Waals surface area contributed by atoms with Crippen molar-refractivity contribution in [2.24, 2.45) is 5.92 Å². The van der Waals surface area contributed by atoms with Crippen LogP contribution in [0.25, 0.3) is 0 Å². The van der Waals surface area contributed by atoms with Crippen LogP contribution in [0, 0.1) is 5.92 Å². The first-order valence-electron chi connectivity index (χ1n) is 7.15. The molecule has 0 bridgehead atoms. The molecule has 110 valence electrons.